The molecule has 5 rings (SSSR count). The van der Waals surface area contributed by atoms with Gasteiger partial charge in [-0.3, -0.25) is 18.9 Å². The molecule has 0 spiro atoms. The SMILES string of the molecule is O=C(COCc1nc2ccccc2s1)N1CCN(Cc2cc(=O)n3ccsc3n2)CC1. The van der Waals surface area contributed by atoms with E-state index in [4.69, 9.17) is 4.74 Å². The maximum Gasteiger partial charge on any atom is 0.258 e. The first kappa shape index (κ1) is 20.3. The Hall–Kier alpha value is -2.66. The molecule has 10 heteroatoms. The number of aromatic nitrogens is 3. The number of benzene rings is 1. The van der Waals surface area contributed by atoms with E-state index in [-0.39, 0.29) is 18.1 Å². The lowest BCUT2D eigenvalue weighted by molar-refractivity contribution is -0.138. The van der Waals surface area contributed by atoms with Gasteiger partial charge in [-0.2, -0.15) is 0 Å². The summed E-state index contributed by atoms with van der Waals surface area (Å²) in [5.41, 5.74) is 1.68. The highest BCUT2D eigenvalue weighted by Gasteiger charge is 2.22. The summed E-state index contributed by atoms with van der Waals surface area (Å²) in [6.07, 6.45) is 1.74. The fourth-order valence-corrected chi connectivity index (χ4v) is 5.30. The molecule has 1 amide bonds. The average molecular weight is 456 g/mol. The van der Waals surface area contributed by atoms with Crippen LogP contribution in [0.2, 0.25) is 0 Å². The number of nitrogens with zero attached hydrogens (tertiary/aromatic N) is 5. The molecule has 0 atom stereocenters. The summed E-state index contributed by atoms with van der Waals surface area (Å²) in [4.78, 5) is 38.5. The number of carbonyl (C=O) groups excluding carboxylic acids is 1. The number of rotatable bonds is 6. The van der Waals surface area contributed by atoms with Crippen LogP contribution in [0.5, 0.6) is 0 Å². The van der Waals surface area contributed by atoms with Crippen molar-refractivity contribution < 1.29 is 9.53 Å². The third kappa shape index (κ3) is 4.52. The van der Waals surface area contributed by atoms with Gasteiger partial charge in [0.25, 0.3) is 5.56 Å². The van der Waals surface area contributed by atoms with Crippen LogP contribution in [0.25, 0.3) is 15.2 Å². The van der Waals surface area contributed by atoms with Gasteiger partial charge in [-0.05, 0) is 12.1 Å². The minimum absolute atomic E-state index is 0.00265. The zero-order valence-electron chi connectivity index (χ0n) is 16.8. The van der Waals surface area contributed by atoms with Crippen molar-refractivity contribution in [3.8, 4) is 0 Å². The lowest BCUT2D eigenvalue weighted by Crippen LogP contribution is -2.49. The molecule has 160 valence electrons. The highest BCUT2D eigenvalue weighted by molar-refractivity contribution is 7.18. The van der Waals surface area contributed by atoms with E-state index in [9.17, 15) is 9.59 Å². The van der Waals surface area contributed by atoms with E-state index in [0.717, 1.165) is 34.0 Å². The van der Waals surface area contributed by atoms with Gasteiger partial charge in [0.15, 0.2) is 4.96 Å². The first-order valence-electron chi connectivity index (χ1n) is 10.0. The van der Waals surface area contributed by atoms with Crippen molar-refractivity contribution in [1.82, 2.24) is 24.2 Å². The molecule has 1 fully saturated rings. The van der Waals surface area contributed by atoms with Crippen molar-refractivity contribution in [2.24, 2.45) is 0 Å². The summed E-state index contributed by atoms with van der Waals surface area (Å²) < 4.78 is 8.31. The van der Waals surface area contributed by atoms with Crippen molar-refractivity contribution in [3.05, 3.63) is 63.0 Å². The maximum atomic E-state index is 12.5. The van der Waals surface area contributed by atoms with Crippen LogP contribution in [-0.4, -0.2) is 62.9 Å². The van der Waals surface area contributed by atoms with E-state index in [1.807, 2.05) is 34.5 Å². The number of hydrogen-bond donors (Lipinski definition) is 0. The van der Waals surface area contributed by atoms with Crippen LogP contribution in [0.3, 0.4) is 0 Å². The van der Waals surface area contributed by atoms with Crippen LogP contribution < -0.4 is 5.56 Å². The normalized spacial score (nSPS) is 15.2. The molecule has 4 aromatic rings. The summed E-state index contributed by atoms with van der Waals surface area (Å²) in [5.74, 6) is -0.00265. The van der Waals surface area contributed by atoms with Crippen molar-refractivity contribution in [1.29, 1.82) is 0 Å². The van der Waals surface area contributed by atoms with Gasteiger partial charge in [0.2, 0.25) is 5.91 Å². The van der Waals surface area contributed by atoms with Crippen LogP contribution in [-0.2, 0) is 22.7 Å². The quantitative estimate of drug-likeness (QED) is 0.444. The van der Waals surface area contributed by atoms with Gasteiger partial charge in [0.1, 0.15) is 11.6 Å². The van der Waals surface area contributed by atoms with E-state index in [1.54, 1.807) is 28.0 Å². The van der Waals surface area contributed by atoms with Gasteiger partial charge in [-0.15, -0.1) is 22.7 Å². The second-order valence-corrected chi connectivity index (χ2v) is 9.35. The van der Waals surface area contributed by atoms with Crippen molar-refractivity contribution in [2.45, 2.75) is 13.2 Å². The molecule has 4 heterocycles. The van der Waals surface area contributed by atoms with Crippen molar-refractivity contribution >= 4 is 43.8 Å². The number of ether oxygens (including phenoxy) is 1. The fourth-order valence-electron chi connectivity index (χ4n) is 3.65. The Morgan fingerprint density at radius 3 is 2.81 bits per heavy atom. The van der Waals surface area contributed by atoms with Crippen LogP contribution in [0.1, 0.15) is 10.7 Å². The van der Waals surface area contributed by atoms with Crippen LogP contribution in [0, 0.1) is 0 Å². The smallest absolute Gasteiger partial charge is 0.258 e. The standard InChI is InChI=1S/C21H21N5O3S2/c27-19-11-15(22-21-26(19)9-10-30-21)12-24-5-7-25(8-6-24)20(28)14-29-13-18-23-16-3-1-2-4-17(16)31-18/h1-4,9-11H,5-8,12-14H2. The molecule has 1 aromatic carbocycles. The van der Waals surface area contributed by atoms with E-state index in [2.05, 4.69) is 14.9 Å². The third-order valence-electron chi connectivity index (χ3n) is 5.26. The number of carbonyl (C=O) groups is 1. The van der Waals surface area contributed by atoms with Gasteiger partial charge >= 0.3 is 0 Å². The van der Waals surface area contributed by atoms with Crippen molar-refractivity contribution in [2.75, 3.05) is 32.8 Å². The molecular formula is C21H21N5O3S2. The molecule has 0 aliphatic carbocycles. The molecule has 1 aliphatic rings. The van der Waals surface area contributed by atoms with Crippen molar-refractivity contribution in [3.63, 3.8) is 0 Å². The Labute approximate surface area is 186 Å². The molecule has 8 nitrogen and oxygen atoms in total. The van der Waals surface area contributed by atoms with E-state index in [0.29, 0.717) is 31.2 Å². The molecule has 0 saturated carbocycles. The van der Waals surface area contributed by atoms with Crippen LogP contribution >= 0.6 is 22.7 Å². The first-order valence-corrected chi connectivity index (χ1v) is 11.7. The Morgan fingerprint density at radius 2 is 1.97 bits per heavy atom. The Morgan fingerprint density at radius 1 is 1.13 bits per heavy atom. The minimum atomic E-state index is -0.0552. The molecule has 3 aromatic heterocycles. The Kier molecular flexibility index (Phi) is 5.77. The van der Waals surface area contributed by atoms with Crippen LogP contribution in [0.4, 0.5) is 0 Å². The number of piperazine rings is 1. The molecule has 1 saturated heterocycles. The average Bonchev–Trinajstić information content (AvgIpc) is 3.41. The van der Waals surface area contributed by atoms with Gasteiger partial charge in [-0.1, -0.05) is 12.1 Å². The second kappa shape index (κ2) is 8.83. The predicted octanol–water partition coefficient (Wildman–Crippen LogP) is 2.23. The number of para-hydroxylation sites is 1. The van der Waals surface area contributed by atoms with Gasteiger partial charge < -0.3 is 9.64 Å². The Bertz CT molecular complexity index is 1240. The summed E-state index contributed by atoms with van der Waals surface area (Å²) >= 11 is 3.04. The zero-order valence-corrected chi connectivity index (χ0v) is 18.4. The van der Waals surface area contributed by atoms with E-state index >= 15 is 0 Å². The topological polar surface area (TPSA) is 80.0 Å². The third-order valence-corrected chi connectivity index (χ3v) is 7.02. The minimum Gasteiger partial charge on any atom is -0.364 e. The highest BCUT2D eigenvalue weighted by atomic mass is 32.1. The fraction of sp³-hybridized carbons (Fsp3) is 0.333. The zero-order chi connectivity index (χ0) is 21.2. The summed E-state index contributed by atoms with van der Waals surface area (Å²) in [6.45, 7) is 3.79. The molecular weight excluding hydrogens is 434 g/mol. The summed E-state index contributed by atoms with van der Waals surface area (Å²) in [6, 6.07) is 9.55. The van der Waals surface area contributed by atoms with Gasteiger partial charge in [-0.25, -0.2) is 9.97 Å². The molecule has 0 N–H and O–H groups in total. The molecule has 31 heavy (non-hydrogen) atoms. The molecule has 0 bridgehead atoms. The summed E-state index contributed by atoms with van der Waals surface area (Å²) in [7, 11) is 0. The maximum absolute atomic E-state index is 12.5. The van der Waals surface area contributed by atoms with E-state index < -0.39 is 0 Å². The molecule has 0 radical (unpaired) electrons. The summed E-state index contributed by atoms with van der Waals surface area (Å²) in [5, 5.41) is 2.74. The number of thiazole rings is 2. The van der Waals surface area contributed by atoms with Gasteiger partial charge in [0.05, 0.1) is 22.5 Å². The predicted molar refractivity (Wildman–Crippen MR) is 120 cm³/mol. The number of amides is 1. The monoisotopic (exact) mass is 455 g/mol. The van der Waals surface area contributed by atoms with Gasteiger partial charge in [0, 0.05) is 50.4 Å². The first-order chi connectivity index (χ1) is 15.2. The Balaban J connectivity index is 1.09. The molecule has 0 unspecified atom stereocenters. The highest BCUT2D eigenvalue weighted by Crippen LogP contribution is 2.22. The number of hydrogen-bond acceptors (Lipinski definition) is 8. The molecule has 1 aliphatic heterocycles. The lowest BCUT2D eigenvalue weighted by Gasteiger charge is -2.34. The largest absolute Gasteiger partial charge is 0.364 e. The second-order valence-electron chi connectivity index (χ2n) is 7.37. The van der Waals surface area contributed by atoms with E-state index in [1.165, 1.54) is 11.3 Å². The van der Waals surface area contributed by atoms with Crippen LogP contribution in [0.15, 0.2) is 46.7 Å². The lowest BCUT2D eigenvalue weighted by atomic mass is 10.3. The number of fused-ring (bicyclic) bond motifs is 2.